The summed E-state index contributed by atoms with van der Waals surface area (Å²) >= 11 is 0. The van der Waals surface area contributed by atoms with Gasteiger partial charge in [0.05, 0.1) is 28.0 Å². The number of aromatic nitrogens is 1. The molecule has 2 bridgehead atoms. The number of amides is 1. The molecule has 1 unspecified atom stereocenters. The number of piperidine rings is 1. The number of hydrogen-bond donors (Lipinski definition) is 1. The molecular weight excluding hydrogens is 517 g/mol. The zero-order valence-corrected chi connectivity index (χ0v) is 20.8. The third-order valence-corrected chi connectivity index (χ3v) is 7.89. The second-order valence-corrected chi connectivity index (χ2v) is 10.2. The summed E-state index contributed by atoms with van der Waals surface area (Å²) < 4.78 is 67.1. The van der Waals surface area contributed by atoms with Crippen LogP contribution in [0.2, 0.25) is 0 Å². The molecule has 2 fully saturated rings. The number of nitriles is 1. The second-order valence-electron chi connectivity index (χ2n) is 10.2. The van der Waals surface area contributed by atoms with Crippen molar-refractivity contribution in [2.75, 3.05) is 13.1 Å². The van der Waals surface area contributed by atoms with Crippen molar-refractivity contribution in [1.29, 1.82) is 5.26 Å². The lowest BCUT2D eigenvalue weighted by Crippen LogP contribution is -2.53. The molecule has 1 N–H and O–H groups in total. The first kappa shape index (κ1) is 26.8. The number of nitrogens with zero attached hydrogens (tertiary/aromatic N) is 3. The van der Waals surface area contributed by atoms with E-state index in [1.54, 1.807) is 0 Å². The van der Waals surface area contributed by atoms with E-state index in [1.165, 1.54) is 4.90 Å². The fourth-order valence-electron chi connectivity index (χ4n) is 5.86. The van der Waals surface area contributed by atoms with Crippen LogP contribution in [0.25, 0.3) is 11.3 Å². The Labute approximate surface area is 221 Å². The van der Waals surface area contributed by atoms with Crippen LogP contribution in [-0.2, 0) is 11.8 Å². The monoisotopic (exact) mass is 541 g/mol. The molecule has 2 heterocycles. The number of halogens is 5. The zero-order valence-electron chi connectivity index (χ0n) is 20.8. The molecule has 1 saturated carbocycles. The van der Waals surface area contributed by atoms with E-state index in [0.717, 1.165) is 41.5 Å². The third-order valence-electron chi connectivity index (χ3n) is 7.89. The van der Waals surface area contributed by atoms with Gasteiger partial charge >= 0.3 is 6.18 Å². The first-order valence-corrected chi connectivity index (χ1v) is 12.4. The summed E-state index contributed by atoms with van der Waals surface area (Å²) in [4.78, 5) is 18.9. The van der Waals surface area contributed by atoms with Crippen molar-refractivity contribution in [3.05, 3.63) is 88.1 Å². The highest BCUT2D eigenvalue weighted by molar-refractivity contribution is 5.96. The smallest absolute Gasteiger partial charge is 0.384 e. The average Bonchev–Trinajstić information content (AvgIpc) is 3.07. The highest BCUT2D eigenvalue weighted by Crippen LogP contribution is 2.51. The lowest BCUT2D eigenvalue weighted by Gasteiger charge is -2.45. The summed E-state index contributed by atoms with van der Waals surface area (Å²) in [6.07, 6.45) is -6.44. The average molecular weight is 542 g/mol. The molecule has 39 heavy (non-hydrogen) atoms. The number of pyridine rings is 1. The van der Waals surface area contributed by atoms with E-state index in [4.69, 9.17) is 0 Å². The van der Waals surface area contributed by atoms with Crippen LogP contribution >= 0.6 is 0 Å². The molecule has 10 heteroatoms. The Balaban J connectivity index is 1.47. The summed E-state index contributed by atoms with van der Waals surface area (Å²) in [5, 5.41) is 21.4. The van der Waals surface area contributed by atoms with E-state index in [1.807, 2.05) is 37.3 Å². The topological polar surface area (TPSA) is 77.2 Å². The molecular formula is C29H24F5N3O2. The number of likely N-dealkylation sites (tertiary alicyclic amines) is 1. The molecule has 1 aliphatic carbocycles. The van der Waals surface area contributed by atoms with Gasteiger partial charge in [-0.05, 0) is 43.5 Å². The van der Waals surface area contributed by atoms with Gasteiger partial charge in [0.1, 0.15) is 11.8 Å². The van der Waals surface area contributed by atoms with Crippen molar-refractivity contribution in [2.24, 2.45) is 11.8 Å². The molecule has 0 radical (unpaired) electrons. The molecule has 2 aliphatic rings. The lowest BCUT2D eigenvalue weighted by atomic mass is 9.75. The van der Waals surface area contributed by atoms with E-state index in [-0.39, 0.29) is 41.7 Å². The number of carbonyl (C=O) groups excluding carboxylic acids is 1. The van der Waals surface area contributed by atoms with E-state index in [2.05, 4.69) is 4.98 Å². The zero-order chi connectivity index (χ0) is 28.1. The SMILES string of the molecule is Cc1ccc(C2(O)[C@@H]3CC[C@H]2CN(C(=O)c2cc(C#N)c(-c4ccc(C(F)(F)F)cc4)nc2C(F)F)C3)cc1. The molecule has 3 aromatic rings. The molecule has 5 rings (SSSR count). The van der Waals surface area contributed by atoms with Crippen molar-refractivity contribution < 1.29 is 31.9 Å². The third kappa shape index (κ3) is 4.65. The van der Waals surface area contributed by atoms with E-state index < -0.39 is 40.9 Å². The van der Waals surface area contributed by atoms with Crippen LogP contribution in [0, 0.1) is 30.1 Å². The largest absolute Gasteiger partial charge is 0.416 e. The summed E-state index contributed by atoms with van der Waals surface area (Å²) in [5.74, 6) is -1.32. The maximum absolute atomic E-state index is 14.1. The fraction of sp³-hybridized carbons (Fsp3) is 0.345. The number of carbonyl (C=O) groups is 1. The number of benzene rings is 2. The Morgan fingerprint density at radius 2 is 1.67 bits per heavy atom. The lowest BCUT2D eigenvalue weighted by molar-refractivity contribution is -0.137. The second kappa shape index (κ2) is 9.72. The normalized spacial score (nSPS) is 22.7. The molecule has 1 amide bonds. The van der Waals surface area contributed by atoms with Crippen LogP contribution in [0.5, 0.6) is 0 Å². The fourth-order valence-corrected chi connectivity index (χ4v) is 5.86. The van der Waals surface area contributed by atoms with Crippen molar-refractivity contribution >= 4 is 5.91 Å². The number of rotatable bonds is 4. The van der Waals surface area contributed by atoms with Crippen LogP contribution < -0.4 is 0 Å². The number of aryl methyl sites for hydroxylation is 1. The van der Waals surface area contributed by atoms with E-state index >= 15 is 0 Å². The predicted molar refractivity (Wildman–Crippen MR) is 132 cm³/mol. The number of alkyl halides is 5. The maximum Gasteiger partial charge on any atom is 0.416 e. The highest BCUT2D eigenvalue weighted by atomic mass is 19.4. The van der Waals surface area contributed by atoms with E-state index in [9.17, 15) is 37.1 Å². The predicted octanol–water partition coefficient (Wildman–Crippen LogP) is 6.25. The molecule has 1 aromatic heterocycles. The van der Waals surface area contributed by atoms with Gasteiger partial charge in [0.15, 0.2) is 0 Å². The molecule has 202 valence electrons. The Hall–Kier alpha value is -3.84. The van der Waals surface area contributed by atoms with Crippen LogP contribution in [-0.4, -0.2) is 34.0 Å². The molecule has 5 nitrogen and oxygen atoms in total. The summed E-state index contributed by atoms with van der Waals surface area (Å²) in [7, 11) is 0. The summed E-state index contributed by atoms with van der Waals surface area (Å²) in [5.41, 5.74) is -1.95. The van der Waals surface area contributed by atoms with Gasteiger partial charge in [-0.3, -0.25) is 4.79 Å². The van der Waals surface area contributed by atoms with Gasteiger partial charge in [0.2, 0.25) is 0 Å². The van der Waals surface area contributed by atoms with Crippen LogP contribution in [0.4, 0.5) is 22.0 Å². The molecule has 2 aromatic carbocycles. The summed E-state index contributed by atoms with van der Waals surface area (Å²) in [6, 6.07) is 14.1. The highest BCUT2D eigenvalue weighted by Gasteiger charge is 2.54. The van der Waals surface area contributed by atoms with Crippen molar-refractivity contribution in [2.45, 2.75) is 38.0 Å². The number of aliphatic hydroxyl groups is 1. The van der Waals surface area contributed by atoms with Gasteiger partial charge < -0.3 is 10.0 Å². The van der Waals surface area contributed by atoms with Gasteiger partial charge in [-0.2, -0.15) is 18.4 Å². The molecule has 0 spiro atoms. The Morgan fingerprint density at radius 1 is 1.08 bits per heavy atom. The van der Waals surface area contributed by atoms with Crippen LogP contribution in [0.1, 0.15) is 57.6 Å². The molecule has 1 saturated heterocycles. The van der Waals surface area contributed by atoms with Crippen molar-refractivity contribution in [3.8, 4) is 17.3 Å². The number of fused-ring (bicyclic) bond motifs is 2. The van der Waals surface area contributed by atoms with Gasteiger partial charge in [-0.15, -0.1) is 0 Å². The van der Waals surface area contributed by atoms with Crippen LogP contribution in [0.3, 0.4) is 0 Å². The van der Waals surface area contributed by atoms with Crippen LogP contribution in [0.15, 0.2) is 54.6 Å². The standard InChI is InChI=1S/C29H24F5N3O2/c1-16-2-6-19(7-3-16)28(39)21-10-11-22(28)15-37(14-21)27(38)23-12-18(13-35)24(36-25(23)26(30)31)17-4-8-20(9-5-17)29(32,33)34/h2-9,12,21-22,26,39H,10-11,14-15H2,1H3/t21-,22+,28?. The van der Waals surface area contributed by atoms with Gasteiger partial charge in [-0.25, -0.2) is 13.8 Å². The van der Waals surface area contributed by atoms with E-state index in [0.29, 0.717) is 12.8 Å². The summed E-state index contributed by atoms with van der Waals surface area (Å²) in [6.45, 7) is 2.23. The minimum atomic E-state index is -4.59. The quantitative estimate of drug-likeness (QED) is 0.396. The van der Waals surface area contributed by atoms with Gasteiger partial charge in [0.25, 0.3) is 12.3 Å². The van der Waals surface area contributed by atoms with Crippen molar-refractivity contribution in [3.63, 3.8) is 0 Å². The Kier molecular flexibility index (Phi) is 6.67. The Bertz CT molecular complexity index is 1430. The first-order chi connectivity index (χ1) is 18.4. The van der Waals surface area contributed by atoms with Gasteiger partial charge in [-0.1, -0.05) is 42.0 Å². The number of hydrogen-bond acceptors (Lipinski definition) is 4. The minimum absolute atomic E-state index is 0.0413. The molecule has 3 atom stereocenters. The Morgan fingerprint density at radius 3 is 2.18 bits per heavy atom. The van der Waals surface area contributed by atoms with Gasteiger partial charge in [0, 0.05) is 30.5 Å². The molecule has 1 aliphatic heterocycles. The first-order valence-electron chi connectivity index (χ1n) is 12.4. The van der Waals surface area contributed by atoms with Crippen molar-refractivity contribution in [1.82, 2.24) is 9.88 Å². The minimum Gasteiger partial charge on any atom is -0.384 e. The maximum atomic E-state index is 14.1.